The number of hydrogen-bond acceptors (Lipinski definition) is 9. The van der Waals surface area contributed by atoms with Crippen LogP contribution in [0.4, 0.5) is 0 Å². The van der Waals surface area contributed by atoms with E-state index in [4.69, 9.17) is 18.6 Å². The Kier molecular flexibility index (Phi) is 5.74. The van der Waals surface area contributed by atoms with E-state index in [1.165, 1.54) is 13.8 Å². The highest BCUT2D eigenvalue weighted by Crippen LogP contribution is 2.70. The predicted molar refractivity (Wildman–Crippen MR) is 113 cm³/mol. The minimum Gasteiger partial charge on any atom is -0.472 e. The summed E-state index contributed by atoms with van der Waals surface area (Å²) in [5, 5.41) is 24.0. The molecule has 2 heterocycles. The molecule has 2 N–H and O–H groups in total. The Morgan fingerprint density at radius 2 is 1.97 bits per heavy atom. The van der Waals surface area contributed by atoms with Crippen LogP contribution in [0.3, 0.4) is 0 Å². The highest BCUT2D eigenvalue weighted by atomic mass is 16.6. The van der Waals surface area contributed by atoms with Crippen LogP contribution in [0.25, 0.3) is 0 Å². The molecule has 0 aromatic carbocycles. The molecule has 3 fully saturated rings. The Labute approximate surface area is 192 Å². The summed E-state index contributed by atoms with van der Waals surface area (Å²) in [6.07, 6.45) is 2.09. The predicted octanol–water partition coefficient (Wildman–Crippen LogP) is 1.57. The molecule has 7 atom stereocenters. The fourth-order valence-electron chi connectivity index (χ4n) is 6.51. The van der Waals surface area contributed by atoms with Crippen LogP contribution >= 0.6 is 0 Å². The van der Waals surface area contributed by atoms with E-state index in [1.807, 2.05) is 13.0 Å². The minimum atomic E-state index is -1.70. The Hall–Kier alpha value is -2.23. The summed E-state index contributed by atoms with van der Waals surface area (Å²) in [6.45, 7) is 5.68. The van der Waals surface area contributed by atoms with Gasteiger partial charge in [-0.1, -0.05) is 13.8 Å². The average Bonchev–Trinajstić information content (AvgIpc) is 3.37. The van der Waals surface area contributed by atoms with Crippen molar-refractivity contribution in [3.05, 3.63) is 24.2 Å². The van der Waals surface area contributed by atoms with Crippen molar-refractivity contribution in [3.8, 4) is 0 Å². The Morgan fingerprint density at radius 1 is 1.27 bits per heavy atom. The first-order valence-electron chi connectivity index (χ1n) is 11.3. The maximum atomic E-state index is 13.5. The monoisotopic (exact) mass is 464 g/mol. The third-order valence-corrected chi connectivity index (χ3v) is 8.62. The van der Waals surface area contributed by atoms with Gasteiger partial charge >= 0.3 is 11.9 Å². The van der Waals surface area contributed by atoms with Crippen LogP contribution in [0.1, 0.15) is 52.5 Å². The summed E-state index contributed by atoms with van der Waals surface area (Å²) >= 11 is 0. The number of ketones is 1. The molecule has 2 saturated carbocycles. The van der Waals surface area contributed by atoms with Gasteiger partial charge < -0.3 is 28.8 Å². The lowest BCUT2D eigenvalue weighted by molar-refractivity contribution is -0.305. The molecule has 0 amide bonds. The van der Waals surface area contributed by atoms with E-state index in [9.17, 15) is 24.6 Å². The summed E-state index contributed by atoms with van der Waals surface area (Å²) in [7, 11) is 0. The average molecular weight is 465 g/mol. The topological polar surface area (TPSA) is 136 Å². The van der Waals surface area contributed by atoms with Gasteiger partial charge in [0.1, 0.15) is 29.8 Å². The van der Waals surface area contributed by atoms with Gasteiger partial charge in [-0.05, 0) is 37.3 Å². The van der Waals surface area contributed by atoms with Gasteiger partial charge in [-0.25, -0.2) is 0 Å². The van der Waals surface area contributed by atoms with Crippen molar-refractivity contribution < 1.29 is 43.2 Å². The third-order valence-electron chi connectivity index (χ3n) is 8.62. The fourth-order valence-corrected chi connectivity index (χ4v) is 6.51. The maximum Gasteiger partial charge on any atom is 0.303 e. The number of carbonyl (C=O) groups excluding carboxylic acids is 3. The smallest absolute Gasteiger partial charge is 0.303 e. The summed E-state index contributed by atoms with van der Waals surface area (Å²) in [5.41, 5.74) is -4.77. The number of aliphatic hydroxyl groups is 2. The maximum absolute atomic E-state index is 13.5. The molecule has 2 aliphatic carbocycles. The van der Waals surface area contributed by atoms with E-state index in [-0.39, 0.29) is 19.4 Å². The molecule has 1 aromatic rings. The number of carbonyl (C=O) groups is 3. The zero-order chi connectivity index (χ0) is 24.2. The summed E-state index contributed by atoms with van der Waals surface area (Å²) in [5.74, 6) is -2.29. The van der Waals surface area contributed by atoms with Gasteiger partial charge in [0.25, 0.3) is 0 Å². The molecule has 1 saturated heterocycles. The first-order valence-corrected chi connectivity index (χ1v) is 11.3. The van der Waals surface area contributed by atoms with Crippen LogP contribution in [-0.4, -0.2) is 64.6 Å². The molecule has 4 rings (SSSR count). The summed E-state index contributed by atoms with van der Waals surface area (Å²) < 4.78 is 22.0. The molecule has 3 aliphatic rings. The molecule has 0 radical (unpaired) electrons. The Bertz CT molecular complexity index is 936. The number of esters is 2. The first-order chi connectivity index (χ1) is 15.4. The zero-order valence-corrected chi connectivity index (χ0v) is 19.5. The standard InChI is InChI=1S/C24H32O9/c1-14-19(27)20(28)22(12-31-15(2)25)23(13-32-23)18(33-16(3)26)6-9-24(22,29)21(14,4)8-5-17-7-10-30-11-17/h7,10-11,14,18,20,28-29H,5-6,8-9,12-13H2,1-4H3. The van der Waals surface area contributed by atoms with Crippen LogP contribution in [0.2, 0.25) is 0 Å². The van der Waals surface area contributed by atoms with Gasteiger partial charge in [0, 0.05) is 25.2 Å². The molecule has 1 aromatic heterocycles. The van der Waals surface area contributed by atoms with E-state index in [0.717, 1.165) is 5.56 Å². The van der Waals surface area contributed by atoms with Gasteiger partial charge in [-0.2, -0.15) is 0 Å². The van der Waals surface area contributed by atoms with E-state index < -0.39 is 64.5 Å². The van der Waals surface area contributed by atoms with Crippen LogP contribution < -0.4 is 0 Å². The molecule has 1 spiro atoms. The van der Waals surface area contributed by atoms with Crippen LogP contribution in [0.5, 0.6) is 0 Å². The molecular weight excluding hydrogens is 432 g/mol. The second-order valence-corrected chi connectivity index (χ2v) is 10.0. The number of Topliss-reactive ketones (excluding diaryl/α,β-unsaturated/α-hetero) is 1. The van der Waals surface area contributed by atoms with Crippen LogP contribution in [-0.2, 0) is 35.0 Å². The van der Waals surface area contributed by atoms with Crippen molar-refractivity contribution in [2.75, 3.05) is 13.2 Å². The van der Waals surface area contributed by atoms with E-state index in [1.54, 1.807) is 19.5 Å². The lowest BCUT2D eigenvalue weighted by Gasteiger charge is -2.67. The minimum absolute atomic E-state index is 0.0606. The molecule has 182 valence electrons. The second-order valence-electron chi connectivity index (χ2n) is 10.0. The molecule has 9 nitrogen and oxygen atoms in total. The molecule has 1 aliphatic heterocycles. The largest absolute Gasteiger partial charge is 0.472 e. The fraction of sp³-hybridized carbons (Fsp3) is 0.708. The number of rotatable bonds is 6. The second kappa shape index (κ2) is 7.92. The number of epoxide rings is 1. The normalized spacial score (nSPS) is 42.0. The van der Waals surface area contributed by atoms with E-state index >= 15 is 0 Å². The van der Waals surface area contributed by atoms with Gasteiger partial charge in [0.15, 0.2) is 5.78 Å². The highest BCUT2D eigenvalue weighted by Gasteiger charge is 2.85. The lowest BCUT2D eigenvalue weighted by atomic mass is 9.39. The van der Waals surface area contributed by atoms with Gasteiger partial charge in [0.05, 0.1) is 24.7 Å². The van der Waals surface area contributed by atoms with Crippen molar-refractivity contribution >= 4 is 17.7 Å². The number of fused-ring (bicyclic) bond motifs is 2. The van der Waals surface area contributed by atoms with Crippen molar-refractivity contribution in [1.82, 2.24) is 0 Å². The SMILES string of the molecule is CC(=O)OCC12C(O)C(=O)C(C)C(C)(CCc3ccoc3)C1(O)CCC(OC(C)=O)C21CO1. The van der Waals surface area contributed by atoms with Crippen molar-refractivity contribution in [3.63, 3.8) is 0 Å². The van der Waals surface area contributed by atoms with Crippen molar-refractivity contribution in [1.29, 1.82) is 0 Å². The number of hydrogen-bond donors (Lipinski definition) is 2. The van der Waals surface area contributed by atoms with Gasteiger partial charge in [-0.3, -0.25) is 14.4 Å². The first kappa shape index (κ1) is 23.9. The highest BCUT2D eigenvalue weighted by molar-refractivity contribution is 5.89. The summed E-state index contributed by atoms with van der Waals surface area (Å²) in [6, 6.07) is 1.83. The van der Waals surface area contributed by atoms with Gasteiger partial charge in [-0.15, -0.1) is 0 Å². The van der Waals surface area contributed by atoms with E-state index in [0.29, 0.717) is 12.8 Å². The molecule has 9 heteroatoms. The molecule has 7 unspecified atom stereocenters. The zero-order valence-electron chi connectivity index (χ0n) is 19.5. The van der Waals surface area contributed by atoms with Crippen molar-refractivity contribution in [2.45, 2.75) is 76.8 Å². The Balaban J connectivity index is 1.85. The van der Waals surface area contributed by atoms with Gasteiger partial charge in [0.2, 0.25) is 0 Å². The van der Waals surface area contributed by atoms with Crippen LogP contribution in [0.15, 0.2) is 23.0 Å². The lowest BCUT2D eigenvalue weighted by Crippen LogP contribution is -2.81. The van der Waals surface area contributed by atoms with E-state index in [2.05, 4.69) is 0 Å². The summed E-state index contributed by atoms with van der Waals surface area (Å²) in [4.78, 5) is 37.2. The number of aliphatic hydroxyl groups excluding tert-OH is 1. The molecular formula is C24H32O9. The Morgan fingerprint density at radius 3 is 2.52 bits per heavy atom. The number of furan rings is 1. The molecule has 0 bridgehead atoms. The third kappa shape index (κ3) is 3.19. The molecule has 33 heavy (non-hydrogen) atoms. The number of aryl methyl sites for hydroxylation is 1. The quantitative estimate of drug-likeness (QED) is 0.475. The van der Waals surface area contributed by atoms with Crippen molar-refractivity contribution in [2.24, 2.45) is 16.7 Å². The number of ether oxygens (including phenoxy) is 3. The van der Waals surface area contributed by atoms with Crippen LogP contribution in [0, 0.1) is 16.7 Å².